The predicted molar refractivity (Wildman–Crippen MR) is 89.4 cm³/mol. The van der Waals surface area contributed by atoms with Gasteiger partial charge in [0.15, 0.2) is 0 Å². The first-order valence-electron chi connectivity index (χ1n) is 7.78. The molecule has 7 nitrogen and oxygen atoms in total. The Morgan fingerprint density at radius 3 is 2.21 bits per heavy atom. The van der Waals surface area contributed by atoms with E-state index in [0.29, 0.717) is 5.56 Å². The maximum atomic E-state index is 12.7. The summed E-state index contributed by atoms with van der Waals surface area (Å²) >= 11 is 0. The molecule has 0 bridgehead atoms. The van der Waals surface area contributed by atoms with Crippen molar-refractivity contribution in [3.63, 3.8) is 0 Å². The number of sulfonamides is 1. The van der Waals surface area contributed by atoms with Crippen LogP contribution in [0.1, 0.15) is 26.3 Å². The van der Waals surface area contributed by atoms with Gasteiger partial charge >= 0.3 is 6.09 Å². The van der Waals surface area contributed by atoms with E-state index in [1.54, 1.807) is 27.7 Å². The molecule has 0 aromatic heterocycles. The molecule has 1 heterocycles. The Kier molecular flexibility index (Phi) is 5.10. The number of aromatic hydroxyl groups is 1. The van der Waals surface area contributed by atoms with E-state index >= 15 is 0 Å². The molecule has 1 aliphatic rings. The largest absolute Gasteiger partial charge is 0.508 e. The van der Waals surface area contributed by atoms with Gasteiger partial charge in [-0.25, -0.2) is 13.2 Å². The monoisotopic (exact) mass is 356 g/mol. The number of nitrogens with zero attached hydrogens (tertiary/aromatic N) is 2. The van der Waals surface area contributed by atoms with Crippen molar-refractivity contribution in [3.8, 4) is 5.75 Å². The van der Waals surface area contributed by atoms with Crippen molar-refractivity contribution >= 4 is 16.1 Å². The molecule has 2 rings (SSSR count). The van der Waals surface area contributed by atoms with E-state index in [2.05, 4.69) is 0 Å². The maximum Gasteiger partial charge on any atom is 0.410 e. The first-order chi connectivity index (χ1) is 11.0. The molecule has 1 amide bonds. The molecular formula is C16H24N2O5S. The van der Waals surface area contributed by atoms with Gasteiger partial charge in [0.1, 0.15) is 11.4 Å². The fourth-order valence-electron chi connectivity index (χ4n) is 2.46. The van der Waals surface area contributed by atoms with Crippen LogP contribution >= 0.6 is 0 Å². The molecule has 0 radical (unpaired) electrons. The SMILES string of the molecule is Cc1cc(O)cc(S(=O)(=O)N2CCN(C(=O)OC(C)(C)C)CC2)c1. The Morgan fingerprint density at radius 2 is 1.71 bits per heavy atom. The van der Waals surface area contributed by atoms with Crippen LogP contribution in [0.25, 0.3) is 0 Å². The molecule has 1 aromatic carbocycles. The van der Waals surface area contributed by atoms with Gasteiger partial charge in [0, 0.05) is 26.2 Å². The third-order valence-corrected chi connectivity index (χ3v) is 5.44. The van der Waals surface area contributed by atoms with Gasteiger partial charge in [0.25, 0.3) is 0 Å². The van der Waals surface area contributed by atoms with E-state index in [0.717, 1.165) is 0 Å². The van der Waals surface area contributed by atoms with Gasteiger partial charge in [-0.15, -0.1) is 0 Å². The summed E-state index contributed by atoms with van der Waals surface area (Å²) in [4.78, 5) is 13.6. The topological polar surface area (TPSA) is 87.2 Å². The number of piperazine rings is 1. The lowest BCUT2D eigenvalue weighted by Crippen LogP contribution is -2.51. The number of amides is 1. The first kappa shape index (κ1) is 18.5. The molecule has 1 N–H and O–H groups in total. The molecule has 0 aliphatic carbocycles. The number of benzene rings is 1. The number of carbonyl (C=O) groups excluding carboxylic acids is 1. The number of hydrogen-bond acceptors (Lipinski definition) is 5. The van der Waals surface area contributed by atoms with Crippen LogP contribution in [0.5, 0.6) is 5.75 Å². The average molecular weight is 356 g/mol. The Balaban J connectivity index is 2.07. The van der Waals surface area contributed by atoms with Crippen LogP contribution in [0.2, 0.25) is 0 Å². The molecule has 0 unspecified atom stereocenters. The van der Waals surface area contributed by atoms with E-state index in [9.17, 15) is 18.3 Å². The van der Waals surface area contributed by atoms with Crippen molar-refractivity contribution in [2.75, 3.05) is 26.2 Å². The minimum Gasteiger partial charge on any atom is -0.508 e. The summed E-state index contributed by atoms with van der Waals surface area (Å²) < 4.78 is 32.0. The van der Waals surface area contributed by atoms with Gasteiger partial charge in [-0.3, -0.25) is 0 Å². The Labute approximate surface area is 142 Å². The van der Waals surface area contributed by atoms with Crippen molar-refractivity contribution < 1.29 is 23.1 Å². The number of phenolic OH excluding ortho intramolecular Hbond substituents is 1. The van der Waals surface area contributed by atoms with E-state index in [1.807, 2.05) is 0 Å². The van der Waals surface area contributed by atoms with Gasteiger partial charge in [0.05, 0.1) is 4.90 Å². The lowest BCUT2D eigenvalue weighted by molar-refractivity contribution is 0.0192. The van der Waals surface area contributed by atoms with Crippen molar-refractivity contribution in [2.24, 2.45) is 0 Å². The minimum atomic E-state index is -3.70. The summed E-state index contributed by atoms with van der Waals surface area (Å²) in [5.41, 5.74) is 0.0836. The van der Waals surface area contributed by atoms with Crippen molar-refractivity contribution in [1.82, 2.24) is 9.21 Å². The quantitative estimate of drug-likeness (QED) is 0.875. The molecule has 24 heavy (non-hydrogen) atoms. The number of ether oxygens (including phenoxy) is 1. The molecule has 1 aliphatic heterocycles. The number of hydrogen-bond donors (Lipinski definition) is 1. The molecule has 1 aromatic rings. The minimum absolute atomic E-state index is 0.0609. The normalized spacial score (nSPS) is 16.9. The van der Waals surface area contributed by atoms with Gasteiger partial charge in [-0.1, -0.05) is 0 Å². The molecule has 1 saturated heterocycles. The first-order valence-corrected chi connectivity index (χ1v) is 9.22. The highest BCUT2D eigenvalue weighted by Gasteiger charge is 2.32. The van der Waals surface area contributed by atoms with E-state index in [1.165, 1.54) is 27.4 Å². The molecule has 0 saturated carbocycles. The van der Waals surface area contributed by atoms with Gasteiger partial charge < -0.3 is 14.7 Å². The summed E-state index contributed by atoms with van der Waals surface area (Å²) in [5, 5.41) is 9.63. The summed E-state index contributed by atoms with van der Waals surface area (Å²) in [6, 6.07) is 4.26. The number of carbonyl (C=O) groups is 1. The van der Waals surface area contributed by atoms with E-state index in [-0.39, 0.29) is 36.8 Å². The van der Waals surface area contributed by atoms with Crippen LogP contribution in [0.15, 0.2) is 23.1 Å². The summed E-state index contributed by atoms with van der Waals surface area (Å²) in [5.74, 6) is -0.0824. The highest BCUT2D eigenvalue weighted by atomic mass is 32.2. The molecule has 134 valence electrons. The molecular weight excluding hydrogens is 332 g/mol. The van der Waals surface area contributed by atoms with Crippen molar-refractivity contribution in [2.45, 2.75) is 38.2 Å². The van der Waals surface area contributed by atoms with Crippen LogP contribution in [-0.2, 0) is 14.8 Å². The molecule has 0 atom stereocenters. The second kappa shape index (κ2) is 6.60. The lowest BCUT2D eigenvalue weighted by Gasteiger charge is -2.35. The lowest BCUT2D eigenvalue weighted by atomic mass is 10.2. The van der Waals surface area contributed by atoms with E-state index in [4.69, 9.17) is 4.74 Å². The standard InChI is InChI=1S/C16H24N2O5S/c1-12-9-13(19)11-14(10-12)24(21,22)18-7-5-17(6-8-18)15(20)23-16(2,3)4/h9-11,19H,5-8H2,1-4H3. The van der Waals surface area contributed by atoms with Crippen LogP contribution in [0.3, 0.4) is 0 Å². The summed E-state index contributed by atoms with van der Waals surface area (Å²) in [7, 11) is -3.70. The highest BCUT2D eigenvalue weighted by Crippen LogP contribution is 2.23. The van der Waals surface area contributed by atoms with Gasteiger partial charge in [-0.2, -0.15) is 4.31 Å². The highest BCUT2D eigenvalue weighted by molar-refractivity contribution is 7.89. The third kappa shape index (κ3) is 4.39. The van der Waals surface area contributed by atoms with Crippen molar-refractivity contribution in [3.05, 3.63) is 23.8 Å². The van der Waals surface area contributed by atoms with Crippen LogP contribution in [0.4, 0.5) is 4.79 Å². The van der Waals surface area contributed by atoms with Crippen LogP contribution in [0, 0.1) is 6.92 Å². The second-order valence-corrected chi connectivity index (χ2v) is 8.81. The van der Waals surface area contributed by atoms with Crippen LogP contribution < -0.4 is 0 Å². The summed E-state index contributed by atoms with van der Waals surface area (Å²) in [6.45, 7) is 8.01. The fourth-order valence-corrected chi connectivity index (χ4v) is 4.01. The van der Waals surface area contributed by atoms with Gasteiger partial charge in [-0.05, 0) is 51.5 Å². The Hall–Kier alpha value is -1.80. The van der Waals surface area contributed by atoms with E-state index < -0.39 is 21.7 Å². The van der Waals surface area contributed by atoms with Crippen molar-refractivity contribution in [1.29, 1.82) is 0 Å². The average Bonchev–Trinajstić information content (AvgIpc) is 2.44. The van der Waals surface area contributed by atoms with Gasteiger partial charge in [0.2, 0.25) is 10.0 Å². The number of rotatable bonds is 2. The molecule has 0 spiro atoms. The Bertz CT molecular complexity index is 696. The predicted octanol–water partition coefficient (Wildman–Crippen LogP) is 1.94. The third-order valence-electron chi connectivity index (χ3n) is 3.56. The zero-order chi connectivity index (χ0) is 18.1. The Morgan fingerprint density at radius 1 is 1.12 bits per heavy atom. The zero-order valence-corrected chi connectivity index (χ0v) is 15.3. The molecule has 1 fully saturated rings. The fraction of sp³-hybridized carbons (Fsp3) is 0.562. The van der Waals surface area contributed by atoms with Crippen LogP contribution in [-0.4, -0.2) is 60.6 Å². The maximum absolute atomic E-state index is 12.7. The second-order valence-electron chi connectivity index (χ2n) is 6.88. The summed E-state index contributed by atoms with van der Waals surface area (Å²) in [6.07, 6.45) is -0.437. The molecule has 8 heteroatoms. The number of phenols is 1. The smallest absolute Gasteiger partial charge is 0.410 e. The number of aryl methyl sites for hydroxylation is 1. The zero-order valence-electron chi connectivity index (χ0n) is 14.4.